The van der Waals surface area contributed by atoms with Gasteiger partial charge in [0, 0.05) is 6.61 Å². The average Bonchev–Trinajstić information content (AvgIpc) is 2.93. The smallest absolute Gasteiger partial charge is 0.0773 e. The Morgan fingerprint density at radius 2 is 2.07 bits per heavy atom. The van der Waals surface area contributed by atoms with E-state index in [9.17, 15) is 0 Å². The average molecular weight is 206 g/mol. The van der Waals surface area contributed by atoms with Crippen molar-refractivity contribution in [2.24, 2.45) is 11.3 Å². The normalized spacial score (nSPS) is 48.7. The van der Waals surface area contributed by atoms with Gasteiger partial charge in [-0.05, 0) is 62.7 Å². The van der Waals surface area contributed by atoms with E-state index < -0.39 is 0 Å². The van der Waals surface area contributed by atoms with Gasteiger partial charge in [0.25, 0.3) is 0 Å². The molecular formula is C14H22O. The lowest BCUT2D eigenvalue weighted by atomic mass is 9.66. The second kappa shape index (κ2) is 3.35. The van der Waals surface area contributed by atoms with Crippen molar-refractivity contribution in [3.63, 3.8) is 0 Å². The zero-order valence-electron chi connectivity index (χ0n) is 9.63. The Labute approximate surface area is 92.9 Å². The molecule has 2 aliphatic carbocycles. The maximum atomic E-state index is 6.21. The molecule has 3 fully saturated rings. The molecule has 1 nitrogen and oxygen atoms in total. The predicted octanol–water partition coefficient (Wildman–Crippen LogP) is 3.69. The molecule has 1 unspecified atom stereocenters. The summed E-state index contributed by atoms with van der Waals surface area (Å²) < 4.78 is 6.21. The van der Waals surface area contributed by atoms with Gasteiger partial charge in [-0.15, -0.1) is 6.58 Å². The van der Waals surface area contributed by atoms with Crippen molar-refractivity contribution < 1.29 is 4.74 Å². The largest absolute Gasteiger partial charge is 0.374 e. The Kier molecular flexibility index (Phi) is 2.21. The van der Waals surface area contributed by atoms with Crippen molar-refractivity contribution in [2.45, 2.75) is 57.0 Å². The van der Waals surface area contributed by atoms with Crippen LogP contribution in [-0.2, 0) is 4.74 Å². The van der Waals surface area contributed by atoms with Crippen LogP contribution < -0.4 is 0 Å². The molecule has 15 heavy (non-hydrogen) atoms. The Morgan fingerprint density at radius 3 is 2.53 bits per heavy atom. The van der Waals surface area contributed by atoms with E-state index in [1.165, 1.54) is 44.9 Å². The number of ether oxygens (including phenoxy) is 1. The van der Waals surface area contributed by atoms with E-state index in [1.54, 1.807) is 0 Å². The van der Waals surface area contributed by atoms with Crippen LogP contribution in [0.2, 0.25) is 0 Å². The molecule has 1 saturated heterocycles. The zero-order valence-corrected chi connectivity index (χ0v) is 9.63. The quantitative estimate of drug-likeness (QED) is 0.640. The van der Waals surface area contributed by atoms with Crippen LogP contribution in [0.4, 0.5) is 0 Å². The number of hydrogen-bond donors (Lipinski definition) is 0. The molecule has 3 aliphatic rings. The summed E-state index contributed by atoms with van der Waals surface area (Å²) in [7, 11) is 0. The summed E-state index contributed by atoms with van der Waals surface area (Å²) in [6.07, 6.45) is 12.9. The van der Waals surface area contributed by atoms with Crippen LogP contribution in [0.3, 0.4) is 0 Å². The lowest BCUT2D eigenvalue weighted by Crippen LogP contribution is -2.45. The molecule has 0 radical (unpaired) electrons. The summed E-state index contributed by atoms with van der Waals surface area (Å²) in [5, 5.41) is 0. The molecule has 2 saturated carbocycles. The van der Waals surface area contributed by atoms with Gasteiger partial charge in [0.15, 0.2) is 0 Å². The summed E-state index contributed by atoms with van der Waals surface area (Å²) in [4.78, 5) is 0. The Morgan fingerprint density at radius 1 is 1.27 bits per heavy atom. The minimum Gasteiger partial charge on any atom is -0.374 e. The van der Waals surface area contributed by atoms with Crippen LogP contribution in [0.1, 0.15) is 51.4 Å². The highest BCUT2D eigenvalue weighted by Gasteiger charge is 2.58. The molecule has 1 aliphatic heterocycles. The lowest BCUT2D eigenvalue weighted by molar-refractivity contribution is -0.0954. The molecule has 0 spiro atoms. The van der Waals surface area contributed by atoms with Crippen molar-refractivity contribution in [1.29, 1.82) is 0 Å². The highest BCUT2D eigenvalue weighted by atomic mass is 16.5. The number of hydrogen-bond acceptors (Lipinski definition) is 1. The van der Waals surface area contributed by atoms with Gasteiger partial charge < -0.3 is 4.74 Å². The molecule has 1 heteroatoms. The fraction of sp³-hybridized carbons (Fsp3) is 0.857. The maximum absolute atomic E-state index is 6.21. The van der Waals surface area contributed by atoms with E-state index in [0.29, 0.717) is 5.41 Å². The van der Waals surface area contributed by atoms with Gasteiger partial charge in [-0.1, -0.05) is 6.08 Å². The van der Waals surface area contributed by atoms with Crippen LogP contribution in [0.15, 0.2) is 12.7 Å². The molecule has 0 amide bonds. The summed E-state index contributed by atoms with van der Waals surface area (Å²) in [6.45, 7) is 4.93. The molecule has 2 bridgehead atoms. The first kappa shape index (κ1) is 9.89. The standard InChI is InChI=1S/C14H22O/c1-2-6-14(7-3-10-15-14)13-8-4-12(11-13)5-9-13/h2,12H,1,3-11H2. The fourth-order valence-corrected chi connectivity index (χ4v) is 4.56. The molecule has 0 aromatic carbocycles. The molecule has 0 aromatic heterocycles. The van der Waals surface area contributed by atoms with E-state index in [4.69, 9.17) is 4.74 Å². The van der Waals surface area contributed by atoms with Crippen molar-refractivity contribution in [3.05, 3.63) is 12.7 Å². The van der Waals surface area contributed by atoms with E-state index in [1.807, 2.05) is 0 Å². The third kappa shape index (κ3) is 1.25. The summed E-state index contributed by atoms with van der Waals surface area (Å²) in [5.74, 6) is 1.02. The van der Waals surface area contributed by atoms with Crippen LogP contribution >= 0.6 is 0 Å². The number of rotatable bonds is 3. The summed E-state index contributed by atoms with van der Waals surface area (Å²) in [5.41, 5.74) is 0.738. The Hall–Kier alpha value is -0.300. The van der Waals surface area contributed by atoms with Gasteiger partial charge >= 0.3 is 0 Å². The van der Waals surface area contributed by atoms with E-state index in [-0.39, 0.29) is 5.60 Å². The molecule has 1 heterocycles. The second-order valence-corrected chi connectivity index (χ2v) is 5.87. The predicted molar refractivity (Wildman–Crippen MR) is 61.7 cm³/mol. The second-order valence-electron chi connectivity index (χ2n) is 5.87. The highest BCUT2D eigenvalue weighted by Crippen LogP contribution is 2.63. The molecule has 84 valence electrons. The molecule has 0 N–H and O–H groups in total. The topological polar surface area (TPSA) is 9.23 Å². The maximum Gasteiger partial charge on any atom is 0.0773 e. The van der Waals surface area contributed by atoms with Gasteiger partial charge in [0.1, 0.15) is 0 Å². The lowest BCUT2D eigenvalue weighted by Gasteiger charge is -2.44. The van der Waals surface area contributed by atoms with Crippen molar-refractivity contribution in [1.82, 2.24) is 0 Å². The first-order valence-corrected chi connectivity index (χ1v) is 6.55. The van der Waals surface area contributed by atoms with Gasteiger partial charge in [0.2, 0.25) is 0 Å². The highest BCUT2D eigenvalue weighted by molar-refractivity contribution is 5.11. The summed E-state index contributed by atoms with van der Waals surface area (Å²) >= 11 is 0. The van der Waals surface area contributed by atoms with Crippen molar-refractivity contribution in [3.8, 4) is 0 Å². The molecular weight excluding hydrogens is 184 g/mol. The van der Waals surface area contributed by atoms with E-state index >= 15 is 0 Å². The molecule has 3 rings (SSSR count). The van der Waals surface area contributed by atoms with Gasteiger partial charge in [0.05, 0.1) is 5.60 Å². The van der Waals surface area contributed by atoms with Crippen molar-refractivity contribution >= 4 is 0 Å². The fourth-order valence-electron chi connectivity index (χ4n) is 4.56. The van der Waals surface area contributed by atoms with Gasteiger partial charge in [-0.25, -0.2) is 0 Å². The molecule has 0 aromatic rings. The minimum absolute atomic E-state index is 0.194. The minimum atomic E-state index is 0.194. The van der Waals surface area contributed by atoms with Crippen LogP contribution in [0, 0.1) is 11.3 Å². The van der Waals surface area contributed by atoms with E-state index in [0.717, 1.165) is 18.9 Å². The zero-order chi connectivity index (χ0) is 10.4. The number of fused-ring (bicyclic) bond motifs is 2. The SMILES string of the molecule is C=CCC1(C23CCC(CC2)C3)CCCO1. The van der Waals surface area contributed by atoms with Crippen LogP contribution in [0.25, 0.3) is 0 Å². The summed E-state index contributed by atoms with van der Waals surface area (Å²) in [6, 6.07) is 0. The third-order valence-corrected chi connectivity index (χ3v) is 5.29. The van der Waals surface area contributed by atoms with Gasteiger partial charge in [-0.2, -0.15) is 0 Å². The van der Waals surface area contributed by atoms with Crippen LogP contribution in [-0.4, -0.2) is 12.2 Å². The third-order valence-electron chi connectivity index (χ3n) is 5.29. The van der Waals surface area contributed by atoms with Crippen LogP contribution in [0.5, 0.6) is 0 Å². The Balaban J connectivity index is 1.91. The van der Waals surface area contributed by atoms with Crippen molar-refractivity contribution in [2.75, 3.05) is 6.61 Å². The first-order chi connectivity index (χ1) is 7.30. The molecule has 1 atom stereocenters. The first-order valence-electron chi connectivity index (χ1n) is 6.55. The monoisotopic (exact) mass is 206 g/mol. The van der Waals surface area contributed by atoms with Gasteiger partial charge in [-0.3, -0.25) is 0 Å². The Bertz CT molecular complexity index is 255. The van der Waals surface area contributed by atoms with E-state index in [2.05, 4.69) is 12.7 Å².